The Morgan fingerprint density at radius 2 is 2.21 bits per heavy atom. The molecule has 5 heteroatoms. The number of hydrogen-bond donors (Lipinski definition) is 0. The summed E-state index contributed by atoms with van der Waals surface area (Å²) in [6.07, 6.45) is 1.98. The zero-order valence-electron chi connectivity index (χ0n) is 10.3. The zero-order chi connectivity index (χ0) is 13.2. The molecule has 0 atom stereocenters. The molecule has 1 amide bonds. The third-order valence-corrected chi connectivity index (χ3v) is 3.78. The predicted molar refractivity (Wildman–Crippen MR) is 71.4 cm³/mol. The number of carbonyl (C=O) groups excluding carboxylic acids is 1. The van der Waals surface area contributed by atoms with E-state index in [0.717, 1.165) is 12.8 Å². The number of carbonyl (C=O) groups is 1. The highest BCUT2D eigenvalue weighted by Crippen LogP contribution is 2.30. The molecule has 3 rings (SSSR count). The zero-order valence-corrected chi connectivity index (χ0v) is 11.1. The molecule has 0 bridgehead atoms. The highest BCUT2D eigenvalue weighted by molar-refractivity contribution is 7.07. The largest absolute Gasteiger partial charge is 0.330 e. The van der Waals surface area contributed by atoms with Crippen molar-refractivity contribution in [3.63, 3.8) is 0 Å². The van der Waals surface area contributed by atoms with Crippen molar-refractivity contribution in [3.8, 4) is 0 Å². The van der Waals surface area contributed by atoms with E-state index in [2.05, 4.69) is 4.98 Å². The smallest absolute Gasteiger partial charge is 0.273 e. The molecule has 0 radical (unpaired) electrons. The summed E-state index contributed by atoms with van der Waals surface area (Å²) in [6, 6.07) is 6.82. The molecular formula is C14H13FN2OS. The predicted octanol–water partition coefficient (Wildman–Crippen LogP) is 3.09. The van der Waals surface area contributed by atoms with Crippen LogP contribution in [0.3, 0.4) is 0 Å². The second kappa shape index (κ2) is 5.09. The van der Waals surface area contributed by atoms with Crippen LogP contribution in [-0.2, 0) is 6.54 Å². The molecule has 0 N–H and O–H groups in total. The minimum absolute atomic E-state index is 0.105. The second-order valence-corrected chi connectivity index (χ2v) is 5.35. The van der Waals surface area contributed by atoms with E-state index in [1.54, 1.807) is 34.0 Å². The maximum Gasteiger partial charge on any atom is 0.273 e. The first-order chi connectivity index (χ1) is 9.25. The van der Waals surface area contributed by atoms with Gasteiger partial charge in [-0.1, -0.05) is 18.2 Å². The maximum atomic E-state index is 13.7. The Morgan fingerprint density at radius 3 is 2.84 bits per heavy atom. The molecule has 1 fully saturated rings. The van der Waals surface area contributed by atoms with Crippen molar-refractivity contribution in [3.05, 3.63) is 52.2 Å². The van der Waals surface area contributed by atoms with Gasteiger partial charge in [-0.2, -0.15) is 0 Å². The summed E-state index contributed by atoms with van der Waals surface area (Å²) in [4.78, 5) is 18.1. The average molecular weight is 276 g/mol. The molecule has 2 aromatic rings. The molecule has 0 spiro atoms. The normalized spacial score (nSPS) is 14.4. The first-order valence-electron chi connectivity index (χ1n) is 6.18. The second-order valence-electron chi connectivity index (χ2n) is 4.63. The van der Waals surface area contributed by atoms with Gasteiger partial charge in [0.05, 0.1) is 5.51 Å². The lowest BCUT2D eigenvalue weighted by Gasteiger charge is -2.21. The van der Waals surface area contributed by atoms with Crippen molar-refractivity contribution < 1.29 is 9.18 Å². The molecule has 0 aliphatic heterocycles. The van der Waals surface area contributed by atoms with Crippen molar-refractivity contribution in [2.75, 3.05) is 0 Å². The van der Waals surface area contributed by atoms with E-state index < -0.39 is 0 Å². The van der Waals surface area contributed by atoms with Gasteiger partial charge in [0, 0.05) is 23.5 Å². The number of halogens is 1. The number of benzene rings is 1. The van der Waals surface area contributed by atoms with Crippen molar-refractivity contribution in [1.29, 1.82) is 0 Å². The molecule has 98 valence electrons. The van der Waals surface area contributed by atoms with Gasteiger partial charge in [-0.05, 0) is 18.9 Å². The van der Waals surface area contributed by atoms with E-state index in [9.17, 15) is 9.18 Å². The molecule has 3 nitrogen and oxygen atoms in total. The first-order valence-corrected chi connectivity index (χ1v) is 7.12. The van der Waals surface area contributed by atoms with E-state index in [1.807, 2.05) is 0 Å². The monoisotopic (exact) mass is 276 g/mol. The van der Waals surface area contributed by atoms with Crippen molar-refractivity contribution >= 4 is 17.2 Å². The number of amides is 1. The third kappa shape index (κ3) is 2.66. The SMILES string of the molecule is O=C(c1cscn1)N(Cc1ccccc1F)C1CC1. The molecule has 19 heavy (non-hydrogen) atoms. The molecule has 1 aliphatic carbocycles. The molecular weight excluding hydrogens is 263 g/mol. The summed E-state index contributed by atoms with van der Waals surface area (Å²) in [6.45, 7) is 0.313. The molecule has 1 heterocycles. The summed E-state index contributed by atoms with van der Waals surface area (Å²) >= 11 is 1.39. The number of thiazole rings is 1. The molecule has 1 aromatic heterocycles. The molecule has 0 saturated heterocycles. The lowest BCUT2D eigenvalue weighted by molar-refractivity contribution is 0.0723. The highest BCUT2D eigenvalue weighted by Gasteiger charge is 2.34. The van der Waals surface area contributed by atoms with Gasteiger partial charge in [0.1, 0.15) is 11.5 Å². The quantitative estimate of drug-likeness (QED) is 0.859. The Balaban J connectivity index is 1.82. The minimum Gasteiger partial charge on any atom is -0.330 e. The van der Waals surface area contributed by atoms with Crippen LogP contribution in [0, 0.1) is 5.82 Å². The molecule has 1 aromatic carbocycles. The topological polar surface area (TPSA) is 33.2 Å². The Kier molecular flexibility index (Phi) is 3.29. The standard InChI is InChI=1S/C14H13FN2OS/c15-12-4-2-1-3-10(12)7-17(11-5-6-11)14(18)13-8-19-9-16-13/h1-4,8-9,11H,5-7H2. The summed E-state index contributed by atoms with van der Waals surface area (Å²) in [5, 5.41) is 1.74. The Hall–Kier alpha value is -1.75. The van der Waals surface area contributed by atoms with Gasteiger partial charge < -0.3 is 4.90 Å². The van der Waals surface area contributed by atoms with Crippen LogP contribution in [0.1, 0.15) is 28.9 Å². The number of aromatic nitrogens is 1. The number of hydrogen-bond acceptors (Lipinski definition) is 3. The average Bonchev–Trinajstić information content (AvgIpc) is 3.11. The van der Waals surface area contributed by atoms with Gasteiger partial charge in [-0.3, -0.25) is 4.79 Å². The van der Waals surface area contributed by atoms with Crippen LogP contribution in [-0.4, -0.2) is 21.8 Å². The van der Waals surface area contributed by atoms with Crippen molar-refractivity contribution in [2.24, 2.45) is 0 Å². The fourth-order valence-corrected chi connectivity index (χ4v) is 2.55. The minimum atomic E-state index is -0.265. The highest BCUT2D eigenvalue weighted by atomic mass is 32.1. The summed E-state index contributed by atoms with van der Waals surface area (Å²) in [5.41, 5.74) is 2.65. The van der Waals surface area contributed by atoms with Crippen LogP contribution in [0.4, 0.5) is 4.39 Å². The van der Waals surface area contributed by atoms with Crippen LogP contribution in [0.25, 0.3) is 0 Å². The molecule has 1 saturated carbocycles. The van der Waals surface area contributed by atoms with Gasteiger partial charge in [0.25, 0.3) is 5.91 Å². The van der Waals surface area contributed by atoms with Gasteiger partial charge in [0.2, 0.25) is 0 Å². The van der Waals surface area contributed by atoms with Crippen molar-refractivity contribution in [2.45, 2.75) is 25.4 Å². The van der Waals surface area contributed by atoms with Gasteiger partial charge in [-0.25, -0.2) is 9.37 Å². The fourth-order valence-electron chi connectivity index (χ4n) is 2.03. The van der Waals surface area contributed by atoms with E-state index in [0.29, 0.717) is 17.8 Å². The Bertz CT molecular complexity index is 581. The first kappa shape index (κ1) is 12.3. The van der Waals surface area contributed by atoms with Gasteiger partial charge in [0.15, 0.2) is 0 Å². The Morgan fingerprint density at radius 1 is 1.42 bits per heavy atom. The summed E-state index contributed by atoms with van der Waals surface area (Å²) in [5.74, 6) is -0.369. The van der Waals surface area contributed by atoms with Crippen LogP contribution in [0.15, 0.2) is 35.2 Å². The van der Waals surface area contributed by atoms with Crippen LogP contribution >= 0.6 is 11.3 Å². The molecule has 0 unspecified atom stereocenters. The van der Waals surface area contributed by atoms with Crippen molar-refractivity contribution in [1.82, 2.24) is 9.88 Å². The number of rotatable bonds is 4. The van der Waals surface area contributed by atoms with E-state index in [1.165, 1.54) is 17.4 Å². The Labute approximate surface area is 114 Å². The van der Waals surface area contributed by atoms with E-state index in [-0.39, 0.29) is 17.8 Å². The van der Waals surface area contributed by atoms with Gasteiger partial charge in [-0.15, -0.1) is 11.3 Å². The van der Waals surface area contributed by atoms with Crippen LogP contribution in [0.2, 0.25) is 0 Å². The maximum absolute atomic E-state index is 13.7. The van der Waals surface area contributed by atoms with Gasteiger partial charge >= 0.3 is 0 Å². The van der Waals surface area contributed by atoms with Crippen LogP contribution in [0.5, 0.6) is 0 Å². The van der Waals surface area contributed by atoms with E-state index in [4.69, 9.17) is 0 Å². The fraction of sp³-hybridized carbons (Fsp3) is 0.286. The summed E-state index contributed by atoms with van der Waals surface area (Å²) in [7, 11) is 0. The lowest BCUT2D eigenvalue weighted by atomic mass is 10.2. The summed E-state index contributed by atoms with van der Waals surface area (Å²) < 4.78 is 13.7. The third-order valence-electron chi connectivity index (χ3n) is 3.20. The molecule has 1 aliphatic rings. The van der Waals surface area contributed by atoms with E-state index >= 15 is 0 Å². The van der Waals surface area contributed by atoms with Crippen LogP contribution < -0.4 is 0 Å². The lowest BCUT2D eigenvalue weighted by Crippen LogP contribution is -2.33. The number of nitrogens with zero attached hydrogens (tertiary/aromatic N) is 2.